The van der Waals surface area contributed by atoms with Crippen LogP contribution >= 0.6 is 11.6 Å². The van der Waals surface area contributed by atoms with E-state index in [1.54, 1.807) is 45.2 Å². The minimum Gasteiger partial charge on any atom is -0.388 e. The maximum Gasteiger partial charge on any atom is 0.159 e. The third-order valence-corrected chi connectivity index (χ3v) is 3.89. The van der Waals surface area contributed by atoms with Crippen molar-refractivity contribution >= 4 is 28.5 Å². The number of anilines is 1. The van der Waals surface area contributed by atoms with Gasteiger partial charge in [-0.2, -0.15) is 0 Å². The van der Waals surface area contributed by atoms with E-state index in [1.165, 1.54) is 0 Å². The maximum atomic E-state index is 5.89. The van der Waals surface area contributed by atoms with Crippen molar-refractivity contribution in [2.45, 2.75) is 12.5 Å². The van der Waals surface area contributed by atoms with E-state index in [1.807, 2.05) is 4.57 Å². The van der Waals surface area contributed by atoms with Gasteiger partial charge in [-0.3, -0.25) is 9.55 Å². The molecule has 25 heavy (non-hydrogen) atoms. The van der Waals surface area contributed by atoms with Crippen molar-refractivity contribution in [1.82, 2.24) is 29.8 Å². The highest BCUT2D eigenvalue weighted by atomic mass is 35.5. The second-order valence-corrected chi connectivity index (χ2v) is 6.00. The molecule has 1 aliphatic rings. The van der Waals surface area contributed by atoms with Gasteiger partial charge in [0.05, 0.1) is 29.6 Å². The van der Waals surface area contributed by atoms with Crippen molar-refractivity contribution in [3.05, 3.63) is 36.1 Å². The van der Waals surface area contributed by atoms with Crippen LogP contribution in [0.5, 0.6) is 0 Å². The van der Waals surface area contributed by atoms with Crippen LogP contribution in [-0.2, 0) is 4.74 Å². The third-order valence-electron chi connectivity index (χ3n) is 3.68. The summed E-state index contributed by atoms with van der Waals surface area (Å²) in [5, 5.41) is 7.14. The highest BCUT2D eigenvalue weighted by molar-refractivity contribution is 6.29. The van der Waals surface area contributed by atoms with E-state index in [0.717, 1.165) is 36.4 Å². The first kappa shape index (κ1) is 17.5. The number of pyridine rings is 1. The first-order valence-electron chi connectivity index (χ1n) is 7.89. The van der Waals surface area contributed by atoms with Gasteiger partial charge in [-0.15, -0.1) is 0 Å². The van der Waals surface area contributed by atoms with Gasteiger partial charge in [0.15, 0.2) is 5.82 Å². The van der Waals surface area contributed by atoms with Crippen molar-refractivity contribution in [2.75, 3.05) is 32.6 Å². The quantitative estimate of drug-likeness (QED) is 0.688. The van der Waals surface area contributed by atoms with Crippen molar-refractivity contribution in [2.24, 2.45) is 0 Å². The van der Waals surface area contributed by atoms with Crippen LogP contribution in [0.25, 0.3) is 16.9 Å². The van der Waals surface area contributed by atoms with Crippen molar-refractivity contribution < 1.29 is 4.74 Å². The molecule has 8 nitrogen and oxygen atoms in total. The van der Waals surface area contributed by atoms with Crippen LogP contribution in [-0.4, -0.2) is 57.9 Å². The fourth-order valence-electron chi connectivity index (χ4n) is 2.59. The molecule has 0 amide bonds. The summed E-state index contributed by atoms with van der Waals surface area (Å²) in [6, 6.07) is 2.12. The number of rotatable bonds is 3. The van der Waals surface area contributed by atoms with Crippen molar-refractivity contribution in [3.63, 3.8) is 0 Å². The van der Waals surface area contributed by atoms with E-state index in [-0.39, 0.29) is 0 Å². The lowest BCUT2D eigenvalue weighted by molar-refractivity contribution is 0.277. The van der Waals surface area contributed by atoms with E-state index >= 15 is 0 Å². The first-order chi connectivity index (χ1) is 12.2. The molecule has 1 aliphatic heterocycles. The zero-order valence-corrected chi connectivity index (χ0v) is 14.9. The van der Waals surface area contributed by atoms with E-state index in [0.29, 0.717) is 17.0 Å². The molecule has 0 aromatic carbocycles. The minimum absolute atomic E-state index is 0.393. The summed E-state index contributed by atoms with van der Waals surface area (Å²) in [7, 11) is 3.25. The highest BCUT2D eigenvalue weighted by Gasteiger charge is 2.15. The number of nitrogens with zero attached hydrogens (tertiary/aromatic N) is 5. The predicted molar refractivity (Wildman–Crippen MR) is 97.3 cm³/mol. The van der Waals surface area contributed by atoms with Gasteiger partial charge in [0.1, 0.15) is 17.3 Å². The molecule has 0 bridgehead atoms. The summed E-state index contributed by atoms with van der Waals surface area (Å²) in [6.07, 6.45) is 7.91. The Hall–Kier alpha value is -2.29. The van der Waals surface area contributed by atoms with Crippen LogP contribution in [0.15, 0.2) is 31.0 Å². The van der Waals surface area contributed by atoms with E-state index < -0.39 is 0 Å². The van der Waals surface area contributed by atoms with Gasteiger partial charge in [-0.1, -0.05) is 11.6 Å². The molecule has 132 valence electrons. The smallest absolute Gasteiger partial charge is 0.159 e. The zero-order valence-electron chi connectivity index (χ0n) is 14.1. The summed E-state index contributed by atoms with van der Waals surface area (Å²) >= 11 is 5.89. The summed E-state index contributed by atoms with van der Waals surface area (Å²) < 4.78 is 6.10. The average Bonchev–Trinajstić information content (AvgIpc) is 3.25. The van der Waals surface area contributed by atoms with Crippen molar-refractivity contribution in [3.8, 4) is 5.82 Å². The fourth-order valence-corrected chi connectivity index (χ4v) is 2.75. The molecule has 3 aromatic rings. The Kier molecular flexibility index (Phi) is 5.75. The van der Waals surface area contributed by atoms with Gasteiger partial charge in [0.25, 0.3) is 0 Å². The summed E-state index contributed by atoms with van der Waals surface area (Å²) in [6.45, 7) is 1.98. The third kappa shape index (κ3) is 4.22. The Morgan fingerprint density at radius 2 is 2.12 bits per heavy atom. The van der Waals surface area contributed by atoms with Crippen molar-refractivity contribution in [1.29, 1.82) is 0 Å². The molecule has 1 unspecified atom stereocenters. The molecular weight excluding hydrogens is 342 g/mol. The highest BCUT2D eigenvalue weighted by Crippen LogP contribution is 2.19. The van der Waals surface area contributed by atoms with Crippen LogP contribution in [0, 0.1) is 0 Å². The van der Waals surface area contributed by atoms with Gasteiger partial charge in [-0.25, -0.2) is 15.0 Å². The van der Waals surface area contributed by atoms with Gasteiger partial charge < -0.3 is 15.4 Å². The van der Waals surface area contributed by atoms with E-state index in [2.05, 4.69) is 35.3 Å². The topological polar surface area (TPSA) is 89.8 Å². The molecular formula is C16H20ClN7O. The molecule has 4 rings (SSSR count). The molecule has 4 heterocycles. The van der Waals surface area contributed by atoms with E-state index in [9.17, 15) is 0 Å². The largest absolute Gasteiger partial charge is 0.388 e. The first-order valence-corrected chi connectivity index (χ1v) is 8.27. The number of imidazole rings is 1. The maximum absolute atomic E-state index is 5.89. The van der Waals surface area contributed by atoms with Gasteiger partial charge in [0, 0.05) is 32.9 Å². The number of hydrogen-bond donors (Lipinski definition) is 2. The molecule has 0 aliphatic carbocycles. The second-order valence-electron chi connectivity index (χ2n) is 5.62. The molecule has 3 aromatic heterocycles. The number of fused-ring (bicyclic) bond motifs is 1. The Bertz CT molecular complexity index is 832. The van der Waals surface area contributed by atoms with Crippen LogP contribution in [0.1, 0.15) is 6.42 Å². The second kappa shape index (κ2) is 8.19. The lowest BCUT2D eigenvalue weighted by Gasteiger charge is -2.12. The molecule has 1 saturated heterocycles. The van der Waals surface area contributed by atoms with E-state index in [4.69, 9.17) is 11.6 Å². The molecule has 9 heteroatoms. The number of halogens is 1. The lowest BCUT2D eigenvalue weighted by atomic mass is 10.3. The summed E-state index contributed by atoms with van der Waals surface area (Å²) in [4.78, 5) is 17.3. The Morgan fingerprint density at radius 1 is 1.28 bits per heavy atom. The average molecular weight is 362 g/mol. The fraction of sp³-hybridized carbons (Fsp3) is 0.375. The Balaban J connectivity index is 0.000000569. The number of methoxy groups -OCH3 is 1. The summed E-state index contributed by atoms with van der Waals surface area (Å²) in [5.74, 6) is 1.46. The SMILES string of the molecule is COC.Clc1cc2ncn(-c3cncc(NC4CCNC4)n3)c2cn1. The van der Waals surface area contributed by atoms with Crippen LogP contribution in [0.2, 0.25) is 5.15 Å². The Morgan fingerprint density at radius 3 is 2.88 bits per heavy atom. The molecule has 0 radical (unpaired) electrons. The molecule has 2 N–H and O–H groups in total. The molecule has 0 saturated carbocycles. The van der Waals surface area contributed by atoms with Crippen LogP contribution in [0.3, 0.4) is 0 Å². The van der Waals surface area contributed by atoms with Gasteiger partial charge >= 0.3 is 0 Å². The van der Waals surface area contributed by atoms with Crippen LogP contribution < -0.4 is 10.6 Å². The standard InChI is InChI=1S/C14H14ClN7.C2H6O/c15-12-3-10-11(5-18-12)22(8-19-10)14-7-17-6-13(21-14)20-9-1-2-16-4-9;1-3-2/h3,5-9,16H,1-2,4H2,(H,20,21);1-2H3. The van der Waals surface area contributed by atoms with Gasteiger partial charge in [-0.05, 0) is 13.0 Å². The predicted octanol–water partition coefficient (Wildman–Crippen LogP) is 1.90. The minimum atomic E-state index is 0.393. The summed E-state index contributed by atoms with van der Waals surface area (Å²) in [5.41, 5.74) is 1.62. The lowest BCUT2D eigenvalue weighted by Crippen LogP contribution is -2.23. The number of nitrogens with one attached hydrogen (secondary N) is 2. The molecule has 0 spiro atoms. The number of ether oxygens (including phenoxy) is 1. The monoisotopic (exact) mass is 361 g/mol. The molecule has 1 atom stereocenters. The number of hydrogen-bond acceptors (Lipinski definition) is 7. The van der Waals surface area contributed by atoms with Crippen LogP contribution in [0.4, 0.5) is 5.82 Å². The Labute approximate surface area is 150 Å². The zero-order chi connectivity index (χ0) is 17.6. The molecule has 1 fully saturated rings. The normalized spacial score (nSPS) is 16.5. The number of aromatic nitrogens is 5. The van der Waals surface area contributed by atoms with Gasteiger partial charge in [0.2, 0.25) is 0 Å².